The lowest BCUT2D eigenvalue weighted by Gasteiger charge is -2.47. The van der Waals surface area contributed by atoms with E-state index in [2.05, 4.69) is 18.7 Å². The molecule has 1 heterocycles. The third-order valence-electron chi connectivity index (χ3n) is 6.50. The predicted molar refractivity (Wildman–Crippen MR) is 76.6 cm³/mol. The maximum Gasteiger partial charge on any atom is 0.0168 e. The van der Waals surface area contributed by atoms with E-state index in [1.165, 1.54) is 51.6 Å². The van der Waals surface area contributed by atoms with Crippen molar-refractivity contribution >= 4 is 12.6 Å². The van der Waals surface area contributed by atoms with Crippen LogP contribution < -0.4 is 0 Å². The summed E-state index contributed by atoms with van der Waals surface area (Å²) < 4.78 is 0. The summed E-state index contributed by atoms with van der Waals surface area (Å²) in [6.45, 7) is 7.74. The van der Waals surface area contributed by atoms with Crippen LogP contribution in [-0.2, 0) is 0 Å². The zero-order chi connectivity index (χ0) is 12.1. The molecule has 3 unspecified atom stereocenters. The van der Waals surface area contributed by atoms with Crippen molar-refractivity contribution in [2.75, 3.05) is 18.8 Å². The van der Waals surface area contributed by atoms with Crippen molar-refractivity contribution in [3.05, 3.63) is 0 Å². The molecule has 3 fully saturated rings. The van der Waals surface area contributed by atoms with Gasteiger partial charge in [0.2, 0.25) is 0 Å². The molecule has 17 heavy (non-hydrogen) atoms. The normalized spacial score (nSPS) is 45.4. The van der Waals surface area contributed by atoms with Gasteiger partial charge in [0, 0.05) is 11.5 Å². The van der Waals surface area contributed by atoms with E-state index in [9.17, 15) is 0 Å². The summed E-state index contributed by atoms with van der Waals surface area (Å²) in [6.07, 6.45) is 8.62. The Hall–Kier alpha value is 0.310. The monoisotopic (exact) mass is 253 g/mol. The average molecular weight is 253 g/mol. The van der Waals surface area contributed by atoms with Crippen LogP contribution in [0.25, 0.3) is 0 Å². The molecule has 2 bridgehead atoms. The molecule has 3 atom stereocenters. The molecule has 98 valence electrons. The Balaban J connectivity index is 1.87. The standard InChI is InChI=1S/C15H27NS/c1-14(2)12-6-7-15(14,11-17)13(10-12)16-8-4-3-5-9-16/h12-13,17H,3-11H2,1-2H3. The van der Waals surface area contributed by atoms with E-state index in [1.54, 1.807) is 0 Å². The van der Waals surface area contributed by atoms with Crippen molar-refractivity contribution < 1.29 is 0 Å². The van der Waals surface area contributed by atoms with Crippen molar-refractivity contribution in [3.63, 3.8) is 0 Å². The summed E-state index contributed by atoms with van der Waals surface area (Å²) in [6, 6.07) is 0.842. The van der Waals surface area contributed by atoms with E-state index in [-0.39, 0.29) is 0 Å². The number of hydrogen-bond donors (Lipinski definition) is 1. The van der Waals surface area contributed by atoms with Gasteiger partial charge in [-0.3, -0.25) is 4.90 Å². The number of piperidine rings is 1. The van der Waals surface area contributed by atoms with Crippen LogP contribution in [-0.4, -0.2) is 29.8 Å². The zero-order valence-electron chi connectivity index (χ0n) is 11.4. The first-order valence-corrected chi connectivity index (χ1v) is 8.10. The molecule has 3 aliphatic rings. The highest BCUT2D eigenvalue weighted by molar-refractivity contribution is 7.80. The van der Waals surface area contributed by atoms with Gasteiger partial charge < -0.3 is 0 Å². The second kappa shape index (κ2) is 4.16. The van der Waals surface area contributed by atoms with Crippen LogP contribution >= 0.6 is 12.6 Å². The summed E-state index contributed by atoms with van der Waals surface area (Å²) in [5.41, 5.74) is 1.04. The zero-order valence-corrected chi connectivity index (χ0v) is 12.3. The Morgan fingerprint density at radius 2 is 1.88 bits per heavy atom. The number of nitrogens with zero attached hydrogens (tertiary/aromatic N) is 1. The number of hydrogen-bond acceptors (Lipinski definition) is 2. The van der Waals surface area contributed by atoms with Gasteiger partial charge in [-0.2, -0.15) is 12.6 Å². The fraction of sp³-hybridized carbons (Fsp3) is 1.00. The van der Waals surface area contributed by atoms with Gasteiger partial charge in [-0.25, -0.2) is 0 Å². The van der Waals surface area contributed by atoms with Crippen LogP contribution in [0.3, 0.4) is 0 Å². The molecule has 0 aromatic carbocycles. The van der Waals surface area contributed by atoms with Gasteiger partial charge in [0.05, 0.1) is 0 Å². The van der Waals surface area contributed by atoms with E-state index in [0.29, 0.717) is 10.8 Å². The van der Waals surface area contributed by atoms with E-state index in [0.717, 1.165) is 17.7 Å². The van der Waals surface area contributed by atoms with Gasteiger partial charge in [-0.05, 0) is 62.3 Å². The first kappa shape index (κ1) is 12.3. The molecular weight excluding hydrogens is 226 g/mol. The summed E-state index contributed by atoms with van der Waals surface area (Å²) in [5.74, 6) is 2.05. The van der Waals surface area contributed by atoms with Crippen molar-refractivity contribution in [2.45, 2.75) is 58.4 Å². The Kier molecular flexibility index (Phi) is 3.02. The number of rotatable bonds is 2. The molecule has 0 aromatic rings. The molecular formula is C15H27NS. The average Bonchev–Trinajstić information content (AvgIpc) is 2.74. The first-order chi connectivity index (χ1) is 8.12. The minimum Gasteiger partial charge on any atom is -0.300 e. The fourth-order valence-electron chi connectivity index (χ4n) is 5.14. The van der Waals surface area contributed by atoms with Gasteiger partial charge in [-0.1, -0.05) is 20.3 Å². The van der Waals surface area contributed by atoms with Crippen molar-refractivity contribution in [1.29, 1.82) is 0 Å². The van der Waals surface area contributed by atoms with Crippen molar-refractivity contribution in [3.8, 4) is 0 Å². The SMILES string of the molecule is CC1(C)C2CCC1(CS)C(N1CCCCC1)C2. The highest BCUT2D eigenvalue weighted by Crippen LogP contribution is 2.67. The largest absolute Gasteiger partial charge is 0.300 e. The highest BCUT2D eigenvalue weighted by atomic mass is 32.1. The topological polar surface area (TPSA) is 3.24 Å². The molecule has 3 rings (SSSR count). The minimum atomic E-state index is 0.512. The van der Waals surface area contributed by atoms with Gasteiger partial charge in [0.25, 0.3) is 0 Å². The predicted octanol–water partition coefficient (Wildman–Crippen LogP) is 3.60. The lowest BCUT2D eigenvalue weighted by Crippen LogP contribution is -2.51. The summed E-state index contributed by atoms with van der Waals surface area (Å²) >= 11 is 4.77. The number of thiol groups is 1. The molecule has 1 nitrogen and oxygen atoms in total. The summed E-state index contributed by atoms with van der Waals surface area (Å²) in [7, 11) is 0. The first-order valence-electron chi connectivity index (χ1n) is 7.47. The molecule has 0 spiro atoms. The molecule has 2 aliphatic carbocycles. The number of fused-ring (bicyclic) bond motifs is 2. The molecule has 0 radical (unpaired) electrons. The fourth-order valence-corrected chi connectivity index (χ4v) is 5.92. The summed E-state index contributed by atoms with van der Waals surface area (Å²) in [5, 5.41) is 0. The molecule has 0 aromatic heterocycles. The third kappa shape index (κ3) is 1.56. The van der Waals surface area contributed by atoms with Crippen LogP contribution in [0.5, 0.6) is 0 Å². The number of likely N-dealkylation sites (tertiary alicyclic amines) is 1. The Morgan fingerprint density at radius 1 is 1.18 bits per heavy atom. The highest BCUT2D eigenvalue weighted by Gasteiger charge is 2.64. The minimum absolute atomic E-state index is 0.512. The Bertz CT molecular complexity index is 295. The van der Waals surface area contributed by atoms with Crippen LogP contribution in [0.4, 0.5) is 0 Å². The van der Waals surface area contributed by atoms with Crippen molar-refractivity contribution in [1.82, 2.24) is 4.90 Å². The molecule has 1 aliphatic heterocycles. The van der Waals surface area contributed by atoms with Gasteiger partial charge in [-0.15, -0.1) is 0 Å². The van der Waals surface area contributed by atoms with E-state index >= 15 is 0 Å². The van der Waals surface area contributed by atoms with Gasteiger partial charge >= 0.3 is 0 Å². The van der Waals surface area contributed by atoms with Crippen LogP contribution in [0.1, 0.15) is 52.4 Å². The van der Waals surface area contributed by atoms with E-state index in [1.807, 2.05) is 0 Å². The molecule has 2 saturated carbocycles. The smallest absolute Gasteiger partial charge is 0.0168 e. The van der Waals surface area contributed by atoms with Crippen LogP contribution in [0, 0.1) is 16.7 Å². The summed E-state index contributed by atoms with van der Waals surface area (Å²) in [4.78, 5) is 2.82. The lowest BCUT2D eigenvalue weighted by molar-refractivity contribution is 0.0366. The van der Waals surface area contributed by atoms with Crippen LogP contribution in [0.15, 0.2) is 0 Å². The van der Waals surface area contributed by atoms with Crippen LogP contribution in [0.2, 0.25) is 0 Å². The van der Waals surface area contributed by atoms with Gasteiger partial charge in [0.1, 0.15) is 0 Å². The Morgan fingerprint density at radius 3 is 2.47 bits per heavy atom. The molecule has 0 amide bonds. The second-order valence-corrected chi connectivity index (χ2v) is 7.44. The Labute approximate surface area is 112 Å². The molecule has 1 saturated heterocycles. The van der Waals surface area contributed by atoms with E-state index < -0.39 is 0 Å². The van der Waals surface area contributed by atoms with E-state index in [4.69, 9.17) is 12.6 Å². The maximum atomic E-state index is 4.77. The molecule has 0 N–H and O–H groups in total. The second-order valence-electron chi connectivity index (χ2n) is 7.12. The third-order valence-corrected chi connectivity index (χ3v) is 7.07. The van der Waals surface area contributed by atoms with Crippen molar-refractivity contribution in [2.24, 2.45) is 16.7 Å². The quantitative estimate of drug-likeness (QED) is 0.736. The molecule has 2 heteroatoms. The maximum absolute atomic E-state index is 4.77. The van der Waals surface area contributed by atoms with Gasteiger partial charge in [0.15, 0.2) is 0 Å². The lowest BCUT2D eigenvalue weighted by atomic mass is 9.68.